The molecule has 0 aliphatic rings. The molecule has 0 fully saturated rings. The van der Waals surface area contributed by atoms with Crippen LogP contribution in [0, 0.1) is 6.92 Å². The van der Waals surface area contributed by atoms with Gasteiger partial charge in [0, 0.05) is 6.42 Å². The highest BCUT2D eigenvalue weighted by atomic mass is 79.9. The van der Waals surface area contributed by atoms with E-state index in [1.807, 2.05) is 6.92 Å². The number of hydrogen-bond donors (Lipinski definition) is 0. The number of hydrogen-bond acceptors (Lipinski definition) is 2. The fourth-order valence-corrected chi connectivity index (χ4v) is 1.44. The fourth-order valence-electron chi connectivity index (χ4n) is 1.03. The van der Waals surface area contributed by atoms with Crippen LogP contribution in [0.15, 0.2) is 4.47 Å². The van der Waals surface area contributed by atoms with Crippen molar-refractivity contribution in [2.75, 3.05) is 0 Å². The van der Waals surface area contributed by atoms with E-state index in [2.05, 4.69) is 32.8 Å². The van der Waals surface area contributed by atoms with Crippen LogP contribution in [0.4, 0.5) is 0 Å². The van der Waals surface area contributed by atoms with Crippen molar-refractivity contribution < 1.29 is 0 Å². The van der Waals surface area contributed by atoms with Crippen LogP contribution in [-0.2, 0) is 6.42 Å². The second-order valence-electron chi connectivity index (χ2n) is 2.93. The van der Waals surface area contributed by atoms with Gasteiger partial charge in [-0.05, 0) is 29.3 Å². The summed E-state index contributed by atoms with van der Waals surface area (Å²) < 4.78 is 0.800. The molecule has 13 heavy (non-hydrogen) atoms. The number of aryl methyl sites for hydroxylation is 2. The molecule has 0 radical (unpaired) electrons. The molecule has 0 saturated heterocycles. The van der Waals surface area contributed by atoms with Gasteiger partial charge in [0.05, 0.1) is 10.2 Å². The Morgan fingerprint density at radius 1 is 1.38 bits per heavy atom. The van der Waals surface area contributed by atoms with Crippen molar-refractivity contribution in [2.24, 2.45) is 0 Å². The number of rotatable bonds is 3. The minimum atomic E-state index is 0.513. The van der Waals surface area contributed by atoms with Crippen molar-refractivity contribution in [3.8, 4) is 0 Å². The average Bonchev–Trinajstić information content (AvgIpc) is 2.10. The summed E-state index contributed by atoms with van der Waals surface area (Å²) in [5.74, 6) is 0.840. The quantitative estimate of drug-likeness (QED) is 0.780. The zero-order chi connectivity index (χ0) is 9.84. The molecule has 1 aromatic heterocycles. The lowest BCUT2D eigenvalue weighted by Crippen LogP contribution is -1.98. The van der Waals surface area contributed by atoms with Gasteiger partial charge in [-0.25, -0.2) is 9.97 Å². The largest absolute Gasteiger partial charge is 0.237 e. The van der Waals surface area contributed by atoms with Gasteiger partial charge in [0.2, 0.25) is 0 Å². The summed E-state index contributed by atoms with van der Waals surface area (Å²) in [6.45, 7) is 4.07. The Hall–Kier alpha value is -0.150. The van der Waals surface area contributed by atoms with Gasteiger partial charge in [-0.1, -0.05) is 24.9 Å². The average molecular weight is 264 g/mol. The lowest BCUT2D eigenvalue weighted by atomic mass is 10.2. The molecule has 0 saturated carbocycles. The normalized spacial score (nSPS) is 10.5. The fraction of sp³-hybridized carbons (Fsp3) is 0.556. The Morgan fingerprint density at radius 2 is 2.08 bits per heavy atom. The summed E-state index contributed by atoms with van der Waals surface area (Å²) in [5, 5.41) is 0.513. The zero-order valence-electron chi connectivity index (χ0n) is 7.77. The maximum atomic E-state index is 5.90. The highest BCUT2D eigenvalue weighted by molar-refractivity contribution is 9.10. The van der Waals surface area contributed by atoms with Gasteiger partial charge in [0.15, 0.2) is 0 Å². The van der Waals surface area contributed by atoms with E-state index >= 15 is 0 Å². The van der Waals surface area contributed by atoms with E-state index in [-0.39, 0.29) is 0 Å². The molecule has 1 rings (SSSR count). The van der Waals surface area contributed by atoms with Crippen LogP contribution < -0.4 is 0 Å². The summed E-state index contributed by atoms with van der Waals surface area (Å²) in [5.41, 5.74) is 0.908. The summed E-state index contributed by atoms with van der Waals surface area (Å²) in [6.07, 6.45) is 3.16. The van der Waals surface area contributed by atoms with Crippen molar-refractivity contribution >= 4 is 27.5 Å². The summed E-state index contributed by atoms with van der Waals surface area (Å²) in [4.78, 5) is 8.51. The molecule has 0 N–H and O–H groups in total. The second-order valence-corrected chi connectivity index (χ2v) is 4.08. The maximum absolute atomic E-state index is 5.90. The monoisotopic (exact) mass is 262 g/mol. The molecule has 0 aromatic carbocycles. The first kappa shape index (κ1) is 10.9. The van der Waals surface area contributed by atoms with E-state index in [4.69, 9.17) is 11.6 Å². The SMILES string of the molecule is CCCCc1nc(C)c(Br)c(Cl)n1. The molecule has 1 heterocycles. The molecule has 0 aliphatic heterocycles. The molecule has 2 nitrogen and oxygen atoms in total. The predicted molar refractivity (Wildman–Crippen MR) is 58.1 cm³/mol. The summed E-state index contributed by atoms with van der Waals surface area (Å²) in [6, 6.07) is 0. The number of nitrogens with zero attached hydrogens (tertiary/aromatic N) is 2. The predicted octanol–water partition coefficient (Wildman–Crippen LogP) is 3.54. The standard InChI is InChI=1S/C9H12BrClN2/c1-3-4-5-7-12-6(2)8(10)9(11)13-7/h3-5H2,1-2H3. The first-order valence-electron chi connectivity index (χ1n) is 4.33. The van der Waals surface area contributed by atoms with E-state index in [9.17, 15) is 0 Å². The maximum Gasteiger partial charge on any atom is 0.147 e. The third-order valence-electron chi connectivity index (χ3n) is 1.78. The minimum Gasteiger partial charge on any atom is -0.237 e. The van der Waals surface area contributed by atoms with Crippen LogP contribution in [-0.4, -0.2) is 9.97 Å². The summed E-state index contributed by atoms with van der Waals surface area (Å²) >= 11 is 9.22. The van der Waals surface area contributed by atoms with Crippen molar-refractivity contribution in [2.45, 2.75) is 33.1 Å². The van der Waals surface area contributed by atoms with E-state index < -0.39 is 0 Å². The van der Waals surface area contributed by atoms with E-state index in [1.165, 1.54) is 0 Å². The Balaban J connectivity index is 2.86. The molecule has 0 amide bonds. The topological polar surface area (TPSA) is 25.8 Å². The first-order valence-corrected chi connectivity index (χ1v) is 5.50. The summed E-state index contributed by atoms with van der Waals surface area (Å²) in [7, 11) is 0. The van der Waals surface area contributed by atoms with Gasteiger partial charge in [-0.2, -0.15) is 0 Å². The molecule has 0 atom stereocenters. The molecule has 0 aliphatic carbocycles. The smallest absolute Gasteiger partial charge is 0.147 e. The number of unbranched alkanes of at least 4 members (excludes halogenated alkanes) is 1. The molecular weight excluding hydrogens is 251 g/mol. The minimum absolute atomic E-state index is 0.513. The Morgan fingerprint density at radius 3 is 2.62 bits per heavy atom. The van der Waals surface area contributed by atoms with Crippen LogP contribution in [0.3, 0.4) is 0 Å². The van der Waals surface area contributed by atoms with Gasteiger partial charge in [-0.15, -0.1) is 0 Å². The van der Waals surface area contributed by atoms with Crippen molar-refractivity contribution in [3.63, 3.8) is 0 Å². The zero-order valence-corrected chi connectivity index (χ0v) is 10.1. The molecule has 1 aromatic rings. The highest BCUT2D eigenvalue weighted by Crippen LogP contribution is 2.22. The second kappa shape index (κ2) is 4.91. The third-order valence-corrected chi connectivity index (χ3v) is 3.23. The van der Waals surface area contributed by atoms with Crippen LogP contribution in [0.2, 0.25) is 5.15 Å². The van der Waals surface area contributed by atoms with E-state index in [1.54, 1.807) is 0 Å². The van der Waals surface area contributed by atoms with Gasteiger partial charge in [0.25, 0.3) is 0 Å². The molecule has 0 bridgehead atoms. The molecule has 72 valence electrons. The van der Waals surface area contributed by atoms with Gasteiger partial charge < -0.3 is 0 Å². The molecule has 0 spiro atoms. The number of aromatic nitrogens is 2. The van der Waals surface area contributed by atoms with Gasteiger partial charge in [0.1, 0.15) is 11.0 Å². The highest BCUT2D eigenvalue weighted by Gasteiger charge is 2.06. The Bertz CT molecular complexity index is 279. The molecule has 0 unspecified atom stereocenters. The van der Waals surface area contributed by atoms with E-state index in [0.717, 1.165) is 35.3 Å². The van der Waals surface area contributed by atoms with Crippen molar-refractivity contribution in [1.29, 1.82) is 0 Å². The lowest BCUT2D eigenvalue weighted by Gasteiger charge is -2.03. The first-order chi connectivity index (χ1) is 6.15. The van der Waals surface area contributed by atoms with E-state index in [0.29, 0.717) is 5.15 Å². The Kier molecular flexibility index (Phi) is 4.13. The third kappa shape index (κ3) is 2.92. The van der Waals surface area contributed by atoms with Crippen LogP contribution in [0.1, 0.15) is 31.3 Å². The molecule has 4 heteroatoms. The van der Waals surface area contributed by atoms with Gasteiger partial charge in [-0.3, -0.25) is 0 Å². The van der Waals surface area contributed by atoms with Crippen molar-refractivity contribution in [1.82, 2.24) is 9.97 Å². The Labute approximate surface area is 91.9 Å². The van der Waals surface area contributed by atoms with Gasteiger partial charge >= 0.3 is 0 Å². The lowest BCUT2D eigenvalue weighted by molar-refractivity contribution is 0.746. The van der Waals surface area contributed by atoms with Crippen LogP contribution >= 0.6 is 27.5 Å². The van der Waals surface area contributed by atoms with Crippen molar-refractivity contribution in [3.05, 3.63) is 21.1 Å². The van der Waals surface area contributed by atoms with Crippen LogP contribution in [0.25, 0.3) is 0 Å². The van der Waals surface area contributed by atoms with Crippen LogP contribution in [0.5, 0.6) is 0 Å². The molecular formula is C9H12BrClN2. The number of halogens is 2.